The molecule has 0 bridgehead atoms. The van der Waals surface area contributed by atoms with Crippen molar-refractivity contribution in [2.75, 3.05) is 33.9 Å². The summed E-state index contributed by atoms with van der Waals surface area (Å²) in [6, 6.07) is 5.62. The van der Waals surface area contributed by atoms with Crippen LogP contribution in [0, 0.1) is 0 Å². The van der Waals surface area contributed by atoms with E-state index < -0.39 is 0 Å². The second-order valence-electron chi connectivity index (χ2n) is 4.21. The molecule has 0 heterocycles. The van der Waals surface area contributed by atoms with Gasteiger partial charge in [0.25, 0.3) is 0 Å². The number of rotatable bonds is 9. The third-order valence-corrected chi connectivity index (χ3v) is 2.97. The van der Waals surface area contributed by atoms with Crippen LogP contribution in [0.25, 0.3) is 0 Å². The molecule has 0 aliphatic heterocycles. The summed E-state index contributed by atoms with van der Waals surface area (Å²) in [6.45, 7) is 2.50. The molecular weight excluding hydrogens is 280 g/mol. The normalized spacial score (nSPS) is 10.3. The summed E-state index contributed by atoms with van der Waals surface area (Å²) < 4.78 is 10.4. The summed E-state index contributed by atoms with van der Waals surface area (Å²) in [5.74, 6) is 0.538. The summed E-state index contributed by atoms with van der Waals surface area (Å²) in [5, 5.41) is 6.32. The molecule has 6 heteroatoms. The number of amides is 1. The van der Waals surface area contributed by atoms with Gasteiger partial charge in [-0.2, -0.15) is 0 Å². The van der Waals surface area contributed by atoms with Crippen LogP contribution < -0.4 is 15.4 Å². The average Bonchev–Trinajstić information content (AvgIpc) is 2.45. The van der Waals surface area contributed by atoms with Crippen molar-refractivity contribution in [1.29, 1.82) is 0 Å². The van der Waals surface area contributed by atoms with Crippen molar-refractivity contribution >= 4 is 17.5 Å². The molecule has 0 atom stereocenters. The summed E-state index contributed by atoms with van der Waals surface area (Å²) in [6.07, 6.45) is 0.313. The highest BCUT2D eigenvalue weighted by molar-refractivity contribution is 6.32. The largest absolute Gasteiger partial charge is 0.491 e. The molecule has 0 unspecified atom stereocenters. The second kappa shape index (κ2) is 9.58. The first kappa shape index (κ1) is 16.8. The van der Waals surface area contributed by atoms with Gasteiger partial charge in [-0.3, -0.25) is 4.79 Å². The molecule has 0 radical (unpaired) electrons. The van der Waals surface area contributed by atoms with E-state index in [1.807, 2.05) is 18.2 Å². The van der Waals surface area contributed by atoms with E-state index in [1.165, 1.54) is 0 Å². The van der Waals surface area contributed by atoms with Gasteiger partial charge in [0.1, 0.15) is 5.75 Å². The Balaban J connectivity index is 2.40. The number of hydrogen-bond donors (Lipinski definition) is 2. The Bertz CT molecular complexity index is 427. The van der Waals surface area contributed by atoms with Crippen molar-refractivity contribution in [1.82, 2.24) is 10.6 Å². The molecular formula is C14H21ClN2O3. The SMILES string of the molecule is CNC(=O)CCOc1ccc(CNCCOC)cc1Cl. The molecule has 2 N–H and O–H groups in total. The van der Waals surface area contributed by atoms with Crippen LogP contribution in [0.2, 0.25) is 5.02 Å². The molecule has 5 nitrogen and oxygen atoms in total. The first-order valence-corrected chi connectivity index (χ1v) is 6.86. The first-order valence-electron chi connectivity index (χ1n) is 6.49. The molecule has 0 aliphatic carbocycles. The Kier molecular flexibility index (Phi) is 8.02. The zero-order valence-electron chi connectivity index (χ0n) is 11.9. The van der Waals surface area contributed by atoms with Crippen molar-refractivity contribution in [2.24, 2.45) is 0 Å². The molecule has 112 valence electrons. The van der Waals surface area contributed by atoms with Crippen molar-refractivity contribution in [3.63, 3.8) is 0 Å². The minimum atomic E-state index is -0.0555. The van der Waals surface area contributed by atoms with Crippen molar-refractivity contribution in [3.05, 3.63) is 28.8 Å². The number of nitrogens with one attached hydrogen (secondary N) is 2. The van der Waals surface area contributed by atoms with Crippen LogP contribution in [-0.2, 0) is 16.1 Å². The maximum absolute atomic E-state index is 11.1. The van der Waals surface area contributed by atoms with Gasteiger partial charge < -0.3 is 20.1 Å². The molecule has 0 aliphatic rings. The number of ether oxygens (including phenoxy) is 2. The van der Waals surface area contributed by atoms with Crippen LogP contribution >= 0.6 is 11.6 Å². The summed E-state index contributed by atoms with van der Waals surface area (Å²) in [4.78, 5) is 11.1. The fourth-order valence-corrected chi connectivity index (χ4v) is 1.81. The lowest BCUT2D eigenvalue weighted by Crippen LogP contribution is -2.20. The quantitative estimate of drug-likeness (QED) is 0.680. The van der Waals surface area contributed by atoms with E-state index in [0.29, 0.717) is 30.4 Å². The van der Waals surface area contributed by atoms with Gasteiger partial charge in [0.2, 0.25) is 5.91 Å². The van der Waals surface area contributed by atoms with Gasteiger partial charge in [-0.15, -0.1) is 0 Å². The van der Waals surface area contributed by atoms with Gasteiger partial charge in [-0.1, -0.05) is 17.7 Å². The van der Waals surface area contributed by atoms with E-state index >= 15 is 0 Å². The van der Waals surface area contributed by atoms with Gasteiger partial charge in [0, 0.05) is 27.2 Å². The zero-order valence-corrected chi connectivity index (χ0v) is 12.6. The van der Waals surface area contributed by atoms with Gasteiger partial charge in [-0.05, 0) is 17.7 Å². The molecule has 1 aromatic carbocycles. The van der Waals surface area contributed by atoms with E-state index in [0.717, 1.165) is 18.7 Å². The number of halogens is 1. The number of methoxy groups -OCH3 is 1. The monoisotopic (exact) mass is 300 g/mol. The molecule has 0 saturated carbocycles. The minimum absolute atomic E-state index is 0.0555. The smallest absolute Gasteiger partial charge is 0.223 e. The van der Waals surface area contributed by atoms with Crippen LogP contribution in [0.5, 0.6) is 5.75 Å². The van der Waals surface area contributed by atoms with E-state index in [9.17, 15) is 4.79 Å². The molecule has 1 rings (SSSR count). The fourth-order valence-electron chi connectivity index (χ4n) is 1.56. The summed E-state index contributed by atoms with van der Waals surface area (Å²) >= 11 is 6.14. The lowest BCUT2D eigenvalue weighted by molar-refractivity contribution is -0.121. The number of hydrogen-bond acceptors (Lipinski definition) is 4. The van der Waals surface area contributed by atoms with E-state index in [1.54, 1.807) is 14.2 Å². The summed E-state index contributed by atoms with van der Waals surface area (Å²) in [5.41, 5.74) is 1.07. The molecule has 1 amide bonds. The fraction of sp³-hybridized carbons (Fsp3) is 0.500. The third-order valence-electron chi connectivity index (χ3n) is 2.67. The topological polar surface area (TPSA) is 59.6 Å². The first-order chi connectivity index (χ1) is 9.67. The minimum Gasteiger partial charge on any atom is -0.491 e. The second-order valence-corrected chi connectivity index (χ2v) is 4.61. The van der Waals surface area contributed by atoms with Gasteiger partial charge in [0.15, 0.2) is 0 Å². The van der Waals surface area contributed by atoms with E-state index in [-0.39, 0.29) is 5.91 Å². The van der Waals surface area contributed by atoms with Crippen LogP contribution in [0.3, 0.4) is 0 Å². The molecule has 0 aromatic heterocycles. The Hall–Kier alpha value is -1.30. The Morgan fingerprint density at radius 1 is 1.35 bits per heavy atom. The molecule has 0 saturated heterocycles. The molecule has 0 fully saturated rings. The highest BCUT2D eigenvalue weighted by Gasteiger charge is 2.04. The van der Waals surface area contributed by atoms with E-state index in [2.05, 4.69) is 10.6 Å². The molecule has 0 spiro atoms. The van der Waals surface area contributed by atoms with Gasteiger partial charge in [-0.25, -0.2) is 0 Å². The van der Waals surface area contributed by atoms with E-state index in [4.69, 9.17) is 21.1 Å². The summed E-state index contributed by atoms with van der Waals surface area (Å²) in [7, 11) is 3.27. The molecule has 1 aromatic rings. The van der Waals surface area contributed by atoms with Crippen LogP contribution in [-0.4, -0.2) is 39.8 Å². The highest BCUT2D eigenvalue weighted by atomic mass is 35.5. The van der Waals surface area contributed by atoms with Crippen LogP contribution in [0.15, 0.2) is 18.2 Å². The highest BCUT2D eigenvalue weighted by Crippen LogP contribution is 2.25. The Morgan fingerprint density at radius 2 is 2.15 bits per heavy atom. The van der Waals surface area contributed by atoms with Crippen molar-refractivity contribution < 1.29 is 14.3 Å². The van der Waals surface area contributed by atoms with Gasteiger partial charge in [0.05, 0.1) is 24.7 Å². The maximum atomic E-state index is 11.1. The standard InChI is InChI=1S/C14H21ClN2O3/c1-16-14(18)5-7-20-13-4-3-11(9-12(13)15)10-17-6-8-19-2/h3-4,9,17H,5-8,10H2,1-2H3,(H,16,18). The molecule has 20 heavy (non-hydrogen) atoms. The van der Waals surface area contributed by atoms with Crippen molar-refractivity contribution in [3.8, 4) is 5.75 Å². The predicted octanol–water partition coefficient (Wildman–Crippen LogP) is 1.59. The zero-order chi connectivity index (χ0) is 14.8. The van der Waals surface area contributed by atoms with Crippen LogP contribution in [0.1, 0.15) is 12.0 Å². The lowest BCUT2D eigenvalue weighted by Gasteiger charge is -2.10. The average molecular weight is 301 g/mol. The number of carbonyl (C=O) groups is 1. The third kappa shape index (κ3) is 6.23. The van der Waals surface area contributed by atoms with Crippen LogP contribution in [0.4, 0.5) is 0 Å². The Labute approximate surface area is 124 Å². The number of carbonyl (C=O) groups excluding carboxylic acids is 1. The Morgan fingerprint density at radius 3 is 2.80 bits per heavy atom. The van der Waals surface area contributed by atoms with Gasteiger partial charge >= 0.3 is 0 Å². The van der Waals surface area contributed by atoms with Crippen molar-refractivity contribution in [2.45, 2.75) is 13.0 Å². The maximum Gasteiger partial charge on any atom is 0.223 e. The lowest BCUT2D eigenvalue weighted by atomic mass is 10.2. The number of benzene rings is 1. The predicted molar refractivity (Wildman–Crippen MR) is 79.2 cm³/mol.